The highest BCUT2D eigenvalue weighted by molar-refractivity contribution is 9.10. The Labute approximate surface area is 85.7 Å². The second kappa shape index (κ2) is 3.14. The van der Waals surface area contributed by atoms with Crippen molar-refractivity contribution < 1.29 is 0 Å². The van der Waals surface area contributed by atoms with E-state index in [9.17, 15) is 0 Å². The first-order chi connectivity index (χ1) is 6.22. The van der Waals surface area contributed by atoms with Crippen LogP contribution in [0.15, 0.2) is 22.8 Å². The van der Waals surface area contributed by atoms with Crippen molar-refractivity contribution in [3.05, 3.63) is 34.3 Å². The molecule has 0 amide bonds. The molecule has 2 heterocycles. The fourth-order valence-electron chi connectivity index (χ4n) is 1.53. The predicted octanol–water partition coefficient (Wildman–Crippen LogP) is 2.97. The summed E-state index contributed by atoms with van der Waals surface area (Å²) in [5.74, 6) is 1.13. The van der Waals surface area contributed by atoms with Gasteiger partial charge in [-0.15, -0.1) is 0 Å². The van der Waals surface area contributed by atoms with Crippen LogP contribution in [0, 0.1) is 6.92 Å². The average Bonchev–Trinajstić information content (AvgIpc) is 2.43. The molecule has 0 saturated heterocycles. The Morgan fingerprint density at radius 3 is 3.00 bits per heavy atom. The Balaban J connectivity index is 2.80. The zero-order valence-corrected chi connectivity index (χ0v) is 9.30. The van der Waals surface area contributed by atoms with Gasteiger partial charge >= 0.3 is 0 Å². The third-order valence-corrected chi connectivity index (χ3v) is 2.67. The van der Waals surface area contributed by atoms with Crippen LogP contribution in [0.1, 0.15) is 18.4 Å². The number of hydrogen-bond donors (Lipinski definition) is 0. The van der Waals surface area contributed by atoms with Gasteiger partial charge in [-0.3, -0.25) is 0 Å². The second-order valence-electron chi connectivity index (χ2n) is 3.07. The molecule has 2 rings (SSSR count). The van der Waals surface area contributed by atoms with Gasteiger partial charge in [-0.25, -0.2) is 4.98 Å². The number of aromatic nitrogens is 2. The van der Waals surface area contributed by atoms with Crippen molar-refractivity contribution >= 4 is 21.4 Å². The molecule has 0 aliphatic carbocycles. The number of pyridine rings is 1. The van der Waals surface area contributed by atoms with Gasteiger partial charge in [-0.2, -0.15) is 0 Å². The van der Waals surface area contributed by atoms with Gasteiger partial charge in [0.2, 0.25) is 0 Å². The molecule has 0 N–H and O–H groups in total. The Morgan fingerprint density at radius 2 is 2.31 bits per heavy atom. The van der Waals surface area contributed by atoms with Crippen LogP contribution in [0.3, 0.4) is 0 Å². The van der Waals surface area contributed by atoms with Gasteiger partial charge in [0.05, 0.1) is 11.2 Å². The lowest BCUT2D eigenvalue weighted by Gasteiger charge is -1.97. The molecule has 0 saturated carbocycles. The van der Waals surface area contributed by atoms with E-state index in [2.05, 4.69) is 44.5 Å². The topological polar surface area (TPSA) is 17.3 Å². The molecule has 0 atom stereocenters. The molecule has 0 fully saturated rings. The van der Waals surface area contributed by atoms with Crippen LogP contribution in [0.2, 0.25) is 0 Å². The summed E-state index contributed by atoms with van der Waals surface area (Å²) >= 11 is 3.46. The molecule has 0 bridgehead atoms. The Hall–Kier alpha value is -0.830. The van der Waals surface area contributed by atoms with Gasteiger partial charge in [0.25, 0.3) is 0 Å². The van der Waals surface area contributed by atoms with Crippen LogP contribution >= 0.6 is 15.9 Å². The number of hydrogen-bond acceptors (Lipinski definition) is 1. The fourth-order valence-corrected chi connectivity index (χ4v) is 1.87. The molecule has 2 aromatic heterocycles. The van der Waals surface area contributed by atoms with Gasteiger partial charge in [-0.05, 0) is 19.1 Å². The van der Waals surface area contributed by atoms with Crippen LogP contribution in [0.4, 0.5) is 0 Å². The molecule has 3 heteroatoms. The summed E-state index contributed by atoms with van der Waals surface area (Å²) in [4.78, 5) is 4.49. The first kappa shape index (κ1) is 8.75. The maximum atomic E-state index is 4.49. The van der Waals surface area contributed by atoms with E-state index in [-0.39, 0.29) is 0 Å². The van der Waals surface area contributed by atoms with E-state index in [0.717, 1.165) is 22.4 Å². The molecule has 0 aliphatic heterocycles. The molecule has 68 valence electrons. The van der Waals surface area contributed by atoms with E-state index in [4.69, 9.17) is 0 Å². The number of aryl methyl sites for hydroxylation is 2. The Bertz CT molecular complexity index is 445. The lowest BCUT2D eigenvalue weighted by atomic mass is 10.3. The zero-order chi connectivity index (χ0) is 9.42. The number of fused-ring (bicyclic) bond motifs is 1. The molecule has 0 spiro atoms. The first-order valence-corrected chi connectivity index (χ1v) is 5.14. The summed E-state index contributed by atoms with van der Waals surface area (Å²) in [6.45, 7) is 4.16. The van der Waals surface area contributed by atoms with Gasteiger partial charge in [0.15, 0.2) is 0 Å². The summed E-state index contributed by atoms with van der Waals surface area (Å²) in [6.07, 6.45) is 3.02. The van der Waals surface area contributed by atoms with Crippen LogP contribution < -0.4 is 0 Å². The zero-order valence-electron chi connectivity index (χ0n) is 7.71. The Kier molecular flexibility index (Phi) is 2.12. The van der Waals surface area contributed by atoms with Gasteiger partial charge < -0.3 is 4.40 Å². The van der Waals surface area contributed by atoms with Crippen LogP contribution in [-0.2, 0) is 6.42 Å². The fraction of sp³-hybridized carbons (Fsp3) is 0.300. The van der Waals surface area contributed by atoms with Crippen molar-refractivity contribution in [3.63, 3.8) is 0 Å². The third kappa shape index (κ3) is 1.37. The predicted molar refractivity (Wildman–Crippen MR) is 57.0 cm³/mol. The molecule has 0 aromatic carbocycles. The Morgan fingerprint density at radius 1 is 1.54 bits per heavy atom. The molecule has 0 aliphatic rings. The van der Waals surface area contributed by atoms with Crippen LogP contribution in [0.5, 0.6) is 0 Å². The SMILES string of the molecule is CCc1nc(C)c2cc(Br)ccn12. The third-order valence-electron chi connectivity index (χ3n) is 2.18. The largest absolute Gasteiger partial charge is 0.303 e. The van der Waals surface area contributed by atoms with Crippen molar-refractivity contribution in [2.75, 3.05) is 0 Å². The van der Waals surface area contributed by atoms with Gasteiger partial charge in [0.1, 0.15) is 5.82 Å². The molecule has 0 unspecified atom stereocenters. The highest BCUT2D eigenvalue weighted by atomic mass is 79.9. The number of imidazole rings is 1. The van der Waals surface area contributed by atoms with E-state index in [1.165, 1.54) is 5.52 Å². The van der Waals surface area contributed by atoms with E-state index >= 15 is 0 Å². The highest BCUT2D eigenvalue weighted by Gasteiger charge is 2.05. The summed E-state index contributed by atoms with van der Waals surface area (Å²) < 4.78 is 3.24. The molecule has 2 aromatic rings. The number of rotatable bonds is 1. The van der Waals surface area contributed by atoms with E-state index in [0.29, 0.717) is 0 Å². The molecule has 2 nitrogen and oxygen atoms in total. The van der Waals surface area contributed by atoms with Crippen molar-refractivity contribution in [1.29, 1.82) is 0 Å². The van der Waals surface area contributed by atoms with Gasteiger partial charge in [-0.1, -0.05) is 22.9 Å². The molecular formula is C10H11BrN2. The minimum absolute atomic E-state index is 0.969. The smallest absolute Gasteiger partial charge is 0.113 e. The standard InChI is InChI=1S/C10H11BrN2/c1-3-10-12-7(2)9-6-8(11)4-5-13(9)10/h4-6H,3H2,1-2H3. The maximum absolute atomic E-state index is 4.49. The summed E-state index contributed by atoms with van der Waals surface area (Å²) in [5.41, 5.74) is 2.28. The second-order valence-corrected chi connectivity index (χ2v) is 3.98. The quantitative estimate of drug-likeness (QED) is 0.747. The number of halogens is 1. The van der Waals surface area contributed by atoms with E-state index in [1.807, 2.05) is 13.0 Å². The van der Waals surface area contributed by atoms with Crippen molar-refractivity contribution in [2.24, 2.45) is 0 Å². The maximum Gasteiger partial charge on any atom is 0.113 e. The van der Waals surface area contributed by atoms with Crippen molar-refractivity contribution in [1.82, 2.24) is 9.38 Å². The molecule has 0 radical (unpaired) electrons. The van der Waals surface area contributed by atoms with Gasteiger partial charge in [0, 0.05) is 17.1 Å². The number of nitrogens with zero attached hydrogens (tertiary/aromatic N) is 2. The highest BCUT2D eigenvalue weighted by Crippen LogP contribution is 2.17. The minimum Gasteiger partial charge on any atom is -0.303 e. The van der Waals surface area contributed by atoms with Crippen LogP contribution in [0.25, 0.3) is 5.52 Å². The summed E-state index contributed by atoms with van der Waals surface area (Å²) in [6, 6.07) is 4.13. The summed E-state index contributed by atoms with van der Waals surface area (Å²) in [5, 5.41) is 0. The van der Waals surface area contributed by atoms with E-state index in [1.54, 1.807) is 0 Å². The lowest BCUT2D eigenvalue weighted by molar-refractivity contribution is 0.928. The van der Waals surface area contributed by atoms with E-state index < -0.39 is 0 Å². The molecular weight excluding hydrogens is 228 g/mol. The van der Waals surface area contributed by atoms with Crippen molar-refractivity contribution in [2.45, 2.75) is 20.3 Å². The first-order valence-electron chi connectivity index (χ1n) is 4.35. The monoisotopic (exact) mass is 238 g/mol. The lowest BCUT2D eigenvalue weighted by Crippen LogP contribution is -1.90. The van der Waals surface area contributed by atoms with Crippen molar-refractivity contribution in [3.8, 4) is 0 Å². The molecule has 13 heavy (non-hydrogen) atoms. The summed E-state index contributed by atoms with van der Waals surface area (Å²) in [7, 11) is 0. The normalized spacial score (nSPS) is 11.0. The van der Waals surface area contributed by atoms with Crippen LogP contribution in [-0.4, -0.2) is 9.38 Å². The minimum atomic E-state index is 0.969. The average molecular weight is 239 g/mol.